The number of hydrogen-bond donors (Lipinski definition) is 0. The number of halogens is 1. The van der Waals surface area contributed by atoms with Gasteiger partial charge in [-0.2, -0.15) is 10.2 Å². The Hall–Kier alpha value is -2.33. The predicted octanol–water partition coefficient (Wildman–Crippen LogP) is 2.90. The summed E-state index contributed by atoms with van der Waals surface area (Å²) in [7, 11) is 1.39. The van der Waals surface area contributed by atoms with Crippen LogP contribution in [0.15, 0.2) is 6.07 Å². The van der Waals surface area contributed by atoms with E-state index in [-0.39, 0.29) is 28.9 Å². The van der Waals surface area contributed by atoms with Crippen molar-refractivity contribution in [2.24, 2.45) is 5.92 Å². The highest BCUT2D eigenvalue weighted by molar-refractivity contribution is 6.68. The van der Waals surface area contributed by atoms with Gasteiger partial charge in [0.15, 0.2) is 5.82 Å². The second kappa shape index (κ2) is 7.92. The molecule has 2 rings (SSSR count). The molecule has 8 heteroatoms. The predicted molar refractivity (Wildman–Crippen MR) is 96.5 cm³/mol. The third-order valence-corrected chi connectivity index (χ3v) is 4.23. The summed E-state index contributed by atoms with van der Waals surface area (Å²) >= 11 is 5.53. The molecule has 1 aliphatic heterocycles. The number of carbonyl (C=O) groups is 2. The lowest BCUT2D eigenvalue weighted by Crippen LogP contribution is -2.39. The number of carbonyl (C=O) groups excluding carboxylic acids is 2. The lowest BCUT2D eigenvalue weighted by atomic mass is 9.96. The van der Waals surface area contributed by atoms with Crippen LogP contribution in [-0.4, -0.2) is 42.0 Å². The van der Waals surface area contributed by atoms with Crippen LogP contribution in [0.5, 0.6) is 5.88 Å². The second-order valence-corrected chi connectivity index (χ2v) is 7.44. The lowest BCUT2D eigenvalue weighted by molar-refractivity contribution is -0.160. The fourth-order valence-electron chi connectivity index (χ4n) is 2.82. The van der Waals surface area contributed by atoms with Gasteiger partial charge in [-0.1, -0.05) is 0 Å². The molecule has 0 N–H and O–H groups in total. The largest absolute Gasteiger partial charge is 0.480 e. The molecule has 0 atom stereocenters. The number of ether oxygens (including phenoxy) is 2. The third-order valence-electron chi connectivity index (χ3n) is 4.03. The number of methoxy groups -OCH3 is 1. The molecule has 0 unspecified atom stereocenters. The Balaban J connectivity index is 2.18. The van der Waals surface area contributed by atoms with Crippen molar-refractivity contribution in [1.29, 1.82) is 5.26 Å². The van der Waals surface area contributed by atoms with E-state index in [2.05, 4.69) is 4.98 Å². The first-order chi connectivity index (χ1) is 12.2. The molecule has 7 nitrogen and oxygen atoms in total. The number of piperidine rings is 1. The van der Waals surface area contributed by atoms with Crippen molar-refractivity contribution in [1.82, 2.24) is 4.98 Å². The van der Waals surface area contributed by atoms with E-state index >= 15 is 0 Å². The average molecular weight is 380 g/mol. The highest BCUT2D eigenvalue weighted by atomic mass is 35.5. The summed E-state index contributed by atoms with van der Waals surface area (Å²) in [6.45, 7) is 6.62. The van der Waals surface area contributed by atoms with Gasteiger partial charge in [-0.3, -0.25) is 9.59 Å². The summed E-state index contributed by atoms with van der Waals surface area (Å²) in [5.74, 6) is 0.120. The van der Waals surface area contributed by atoms with E-state index in [1.54, 1.807) is 0 Å². The second-order valence-electron chi connectivity index (χ2n) is 7.10. The van der Waals surface area contributed by atoms with Gasteiger partial charge in [0.05, 0.1) is 24.2 Å². The monoisotopic (exact) mass is 379 g/mol. The summed E-state index contributed by atoms with van der Waals surface area (Å²) in [6, 6.07) is 3.43. The fraction of sp³-hybridized carbons (Fsp3) is 0.556. The zero-order valence-electron chi connectivity index (χ0n) is 15.3. The smallest absolute Gasteiger partial charge is 0.309 e. The van der Waals surface area contributed by atoms with E-state index in [1.807, 2.05) is 31.7 Å². The number of anilines is 1. The van der Waals surface area contributed by atoms with Crippen molar-refractivity contribution in [3.63, 3.8) is 0 Å². The molecule has 1 fully saturated rings. The third kappa shape index (κ3) is 4.64. The Morgan fingerprint density at radius 3 is 2.42 bits per heavy atom. The van der Waals surface area contributed by atoms with Gasteiger partial charge in [-0.25, -0.2) is 0 Å². The van der Waals surface area contributed by atoms with Crippen molar-refractivity contribution in [2.75, 3.05) is 25.1 Å². The van der Waals surface area contributed by atoms with Crippen molar-refractivity contribution in [2.45, 2.75) is 39.2 Å². The van der Waals surface area contributed by atoms with E-state index < -0.39 is 10.8 Å². The molecular formula is C18H22ClN3O4. The number of nitrogens with zero attached hydrogens (tertiary/aromatic N) is 3. The maximum absolute atomic E-state index is 12.2. The Morgan fingerprint density at radius 1 is 1.35 bits per heavy atom. The van der Waals surface area contributed by atoms with Crippen LogP contribution in [0.3, 0.4) is 0 Å². The first kappa shape index (κ1) is 20.0. The van der Waals surface area contributed by atoms with Crippen LogP contribution in [-0.2, 0) is 9.53 Å². The zero-order chi connectivity index (χ0) is 19.5. The maximum atomic E-state index is 12.2. The van der Waals surface area contributed by atoms with Gasteiger partial charge in [0.2, 0.25) is 5.88 Å². The SMILES string of the molecule is COc1nc(N2CCC(C(=O)OC(C)(C)C)CC2)c(C#N)cc1C(=O)Cl. The van der Waals surface area contributed by atoms with Crippen molar-refractivity contribution in [3.8, 4) is 11.9 Å². The van der Waals surface area contributed by atoms with Gasteiger partial charge in [0.1, 0.15) is 11.7 Å². The minimum absolute atomic E-state index is 0.0538. The molecule has 0 radical (unpaired) electrons. The van der Waals surface area contributed by atoms with Gasteiger partial charge in [0.25, 0.3) is 5.24 Å². The van der Waals surface area contributed by atoms with Gasteiger partial charge in [0, 0.05) is 13.1 Å². The fourth-order valence-corrected chi connectivity index (χ4v) is 2.95. The molecule has 1 aliphatic rings. The maximum Gasteiger partial charge on any atom is 0.309 e. The normalized spacial score (nSPS) is 15.3. The summed E-state index contributed by atoms with van der Waals surface area (Å²) < 4.78 is 10.6. The molecule has 26 heavy (non-hydrogen) atoms. The molecule has 0 saturated carbocycles. The number of nitriles is 1. The Morgan fingerprint density at radius 2 is 1.96 bits per heavy atom. The van der Waals surface area contributed by atoms with Crippen LogP contribution in [0, 0.1) is 17.2 Å². The molecular weight excluding hydrogens is 358 g/mol. The highest BCUT2D eigenvalue weighted by Crippen LogP contribution is 2.30. The minimum atomic E-state index is -0.735. The van der Waals surface area contributed by atoms with E-state index in [9.17, 15) is 14.9 Å². The van der Waals surface area contributed by atoms with Crippen molar-refractivity contribution >= 4 is 28.6 Å². The van der Waals surface area contributed by atoms with Gasteiger partial charge < -0.3 is 14.4 Å². The number of esters is 1. The van der Waals surface area contributed by atoms with Crippen LogP contribution in [0.1, 0.15) is 49.5 Å². The number of pyridine rings is 1. The topological polar surface area (TPSA) is 92.5 Å². The van der Waals surface area contributed by atoms with Crippen molar-refractivity contribution in [3.05, 3.63) is 17.2 Å². The molecule has 0 aromatic carbocycles. The zero-order valence-corrected chi connectivity index (χ0v) is 16.1. The number of hydrogen-bond acceptors (Lipinski definition) is 7. The average Bonchev–Trinajstić information content (AvgIpc) is 2.59. The van der Waals surface area contributed by atoms with E-state index in [1.165, 1.54) is 13.2 Å². The van der Waals surface area contributed by atoms with Crippen molar-refractivity contribution < 1.29 is 19.1 Å². The van der Waals surface area contributed by atoms with E-state index in [0.717, 1.165) is 0 Å². The van der Waals surface area contributed by atoms with E-state index in [0.29, 0.717) is 31.7 Å². The minimum Gasteiger partial charge on any atom is -0.480 e. The highest BCUT2D eigenvalue weighted by Gasteiger charge is 2.31. The lowest BCUT2D eigenvalue weighted by Gasteiger charge is -2.33. The number of rotatable bonds is 4. The molecule has 0 spiro atoms. The van der Waals surface area contributed by atoms with Gasteiger partial charge in [-0.05, 0) is 51.3 Å². The van der Waals surface area contributed by atoms with Crippen LogP contribution in [0.2, 0.25) is 0 Å². The summed E-state index contributed by atoms with van der Waals surface area (Å²) in [6.07, 6.45) is 1.19. The molecule has 0 amide bonds. The van der Waals surface area contributed by atoms with Crippen LogP contribution >= 0.6 is 11.6 Å². The standard InChI is InChI=1S/C18H22ClN3O4/c1-18(2,3)26-17(24)11-5-7-22(8-6-11)15-12(10-20)9-13(14(19)23)16(21-15)25-4/h9,11H,5-8H2,1-4H3. The quantitative estimate of drug-likeness (QED) is 0.586. The first-order valence-electron chi connectivity index (χ1n) is 8.33. The molecule has 2 heterocycles. The van der Waals surface area contributed by atoms with Crippen LogP contribution < -0.4 is 9.64 Å². The summed E-state index contributed by atoms with van der Waals surface area (Å²) in [5.41, 5.74) is -0.218. The molecule has 1 aromatic rings. The summed E-state index contributed by atoms with van der Waals surface area (Å²) in [4.78, 5) is 29.9. The van der Waals surface area contributed by atoms with Crippen LogP contribution in [0.4, 0.5) is 5.82 Å². The Kier molecular flexibility index (Phi) is 6.09. The van der Waals surface area contributed by atoms with Gasteiger partial charge >= 0.3 is 5.97 Å². The summed E-state index contributed by atoms with van der Waals surface area (Å²) in [5, 5.41) is 8.67. The molecule has 0 bridgehead atoms. The van der Waals surface area contributed by atoms with Gasteiger partial charge in [-0.15, -0.1) is 0 Å². The Labute approximate surface area is 157 Å². The molecule has 0 aliphatic carbocycles. The number of aromatic nitrogens is 1. The van der Waals surface area contributed by atoms with E-state index in [4.69, 9.17) is 21.1 Å². The molecule has 1 aromatic heterocycles. The molecule has 1 saturated heterocycles. The molecule has 140 valence electrons. The Bertz CT molecular complexity index is 744. The first-order valence-corrected chi connectivity index (χ1v) is 8.71. The van der Waals surface area contributed by atoms with Crippen LogP contribution in [0.25, 0.3) is 0 Å².